The Labute approximate surface area is 109 Å². The maximum Gasteiger partial charge on any atom is 0.500 e. The monoisotopic (exact) mass is 272 g/mol. The Morgan fingerprint density at radius 3 is 2.50 bits per heavy atom. The molecule has 0 bridgehead atoms. The first-order valence-electron chi connectivity index (χ1n) is 6.14. The summed E-state index contributed by atoms with van der Waals surface area (Å²) in [6, 6.07) is 7.40. The highest BCUT2D eigenvalue weighted by atomic mass is 28.4. The van der Waals surface area contributed by atoms with Crippen molar-refractivity contribution in [3.63, 3.8) is 0 Å². The van der Waals surface area contributed by atoms with Crippen molar-refractivity contribution < 1.29 is 17.7 Å². The zero-order valence-corrected chi connectivity index (χ0v) is 12.2. The molecular formula is C13H21FO3Si. The van der Waals surface area contributed by atoms with E-state index in [0.29, 0.717) is 6.61 Å². The van der Waals surface area contributed by atoms with Gasteiger partial charge in [-0.05, 0) is 37.5 Å². The molecule has 0 aliphatic rings. The predicted octanol–water partition coefficient (Wildman–Crippen LogP) is 3.03. The standard InChI is InChI=1S/C13H21FO3Si/c1-4-17-18(15-2,16-3)10-6-8-12-7-5-9-13(14)11-12/h5,7,9,11H,4,6,8,10H2,1-3H3. The summed E-state index contributed by atoms with van der Waals surface area (Å²) < 4.78 is 29.4. The van der Waals surface area contributed by atoms with Crippen molar-refractivity contribution in [2.75, 3.05) is 20.8 Å². The van der Waals surface area contributed by atoms with Gasteiger partial charge in [0.05, 0.1) is 0 Å². The van der Waals surface area contributed by atoms with Crippen LogP contribution >= 0.6 is 0 Å². The van der Waals surface area contributed by atoms with Crippen molar-refractivity contribution in [2.24, 2.45) is 0 Å². The van der Waals surface area contributed by atoms with E-state index in [2.05, 4.69) is 0 Å². The van der Waals surface area contributed by atoms with Crippen molar-refractivity contribution in [3.8, 4) is 0 Å². The summed E-state index contributed by atoms with van der Waals surface area (Å²) >= 11 is 0. The second-order valence-corrected chi connectivity index (χ2v) is 6.98. The van der Waals surface area contributed by atoms with Gasteiger partial charge in [0.2, 0.25) is 0 Å². The first-order valence-corrected chi connectivity index (χ1v) is 8.07. The van der Waals surface area contributed by atoms with Gasteiger partial charge < -0.3 is 13.3 Å². The largest absolute Gasteiger partial charge is 0.500 e. The van der Waals surface area contributed by atoms with Crippen LogP contribution in [0.25, 0.3) is 0 Å². The minimum atomic E-state index is -2.50. The molecule has 0 heterocycles. The molecular weight excluding hydrogens is 251 g/mol. The SMILES string of the molecule is CCO[Si](CCCc1cccc(F)c1)(OC)OC. The molecule has 0 saturated carbocycles. The second kappa shape index (κ2) is 7.63. The summed E-state index contributed by atoms with van der Waals surface area (Å²) in [5.74, 6) is -0.195. The summed E-state index contributed by atoms with van der Waals surface area (Å²) in [7, 11) is 0.733. The lowest BCUT2D eigenvalue weighted by atomic mass is 10.1. The van der Waals surface area contributed by atoms with Crippen molar-refractivity contribution in [2.45, 2.75) is 25.8 Å². The molecule has 0 aliphatic heterocycles. The van der Waals surface area contributed by atoms with Crippen molar-refractivity contribution >= 4 is 8.80 Å². The highest BCUT2D eigenvalue weighted by Gasteiger charge is 2.37. The van der Waals surface area contributed by atoms with Crippen molar-refractivity contribution in [3.05, 3.63) is 35.6 Å². The van der Waals surface area contributed by atoms with Crippen LogP contribution in [0.1, 0.15) is 18.9 Å². The smallest absolute Gasteiger partial charge is 0.377 e. The topological polar surface area (TPSA) is 27.7 Å². The molecule has 102 valence electrons. The molecule has 0 amide bonds. The van der Waals surface area contributed by atoms with E-state index in [9.17, 15) is 4.39 Å². The number of benzene rings is 1. The van der Waals surface area contributed by atoms with Crippen molar-refractivity contribution in [1.29, 1.82) is 0 Å². The number of hydrogen-bond donors (Lipinski definition) is 0. The summed E-state index contributed by atoms with van der Waals surface area (Å²) in [5, 5.41) is 0. The van der Waals surface area contributed by atoms with Gasteiger partial charge >= 0.3 is 8.80 Å². The van der Waals surface area contributed by atoms with E-state index in [1.54, 1.807) is 26.4 Å². The lowest BCUT2D eigenvalue weighted by Gasteiger charge is -2.25. The molecule has 0 saturated heterocycles. The Bertz CT molecular complexity index is 356. The molecule has 0 spiro atoms. The maximum absolute atomic E-state index is 13.0. The molecule has 0 atom stereocenters. The fraction of sp³-hybridized carbons (Fsp3) is 0.538. The Morgan fingerprint density at radius 2 is 1.94 bits per heavy atom. The summed E-state index contributed by atoms with van der Waals surface area (Å²) in [6.45, 7) is 2.50. The van der Waals surface area contributed by atoms with E-state index in [0.717, 1.165) is 24.4 Å². The van der Waals surface area contributed by atoms with Gasteiger partial charge in [-0.3, -0.25) is 0 Å². The van der Waals surface area contributed by atoms with Crippen molar-refractivity contribution in [1.82, 2.24) is 0 Å². The van der Waals surface area contributed by atoms with Gasteiger partial charge in [-0.15, -0.1) is 0 Å². The van der Waals surface area contributed by atoms with Gasteiger partial charge in [-0.2, -0.15) is 0 Å². The number of halogens is 1. The van der Waals surface area contributed by atoms with Crippen LogP contribution < -0.4 is 0 Å². The third-order valence-corrected chi connectivity index (χ3v) is 5.76. The van der Waals surface area contributed by atoms with Crippen LogP contribution in [0.3, 0.4) is 0 Å². The molecule has 0 fully saturated rings. The Kier molecular flexibility index (Phi) is 6.49. The average Bonchev–Trinajstić information content (AvgIpc) is 2.38. The van der Waals surface area contributed by atoms with Crippen LogP contribution in [-0.2, 0) is 19.7 Å². The zero-order valence-electron chi connectivity index (χ0n) is 11.2. The third-order valence-electron chi connectivity index (χ3n) is 2.82. The van der Waals surface area contributed by atoms with Crippen LogP contribution in [0.2, 0.25) is 6.04 Å². The van der Waals surface area contributed by atoms with Crippen LogP contribution in [0.5, 0.6) is 0 Å². The lowest BCUT2D eigenvalue weighted by molar-refractivity contribution is 0.103. The van der Waals surface area contributed by atoms with Gasteiger partial charge in [-0.1, -0.05) is 12.1 Å². The Hall–Kier alpha value is -0.753. The average molecular weight is 272 g/mol. The first kappa shape index (κ1) is 15.3. The Morgan fingerprint density at radius 1 is 1.22 bits per heavy atom. The highest BCUT2D eigenvalue weighted by molar-refractivity contribution is 6.60. The van der Waals surface area contributed by atoms with E-state index in [-0.39, 0.29) is 5.82 Å². The van der Waals surface area contributed by atoms with Crippen LogP contribution in [-0.4, -0.2) is 29.6 Å². The first-order chi connectivity index (χ1) is 8.65. The zero-order chi connectivity index (χ0) is 13.4. The van der Waals surface area contributed by atoms with Crippen LogP contribution in [0, 0.1) is 5.82 Å². The van der Waals surface area contributed by atoms with Crippen LogP contribution in [0.15, 0.2) is 24.3 Å². The molecule has 0 radical (unpaired) electrons. The normalized spacial score (nSPS) is 11.8. The molecule has 0 aliphatic carbocycles. The maximum atomic E-state index is 13.0. The summed E-state index contributed by atoms with van der Waals surface area (Å²) in [6.07, 6.45) is 1.66. The number of rotatable bonds is 8. The van der Waals surface area contributed by atoms with Gasteiger partial charge in [0.1, 0.15) is 5.82 Å². The quantitative estimate of drug-likeness (QED) is 0.681. The summed E-state index contributed by atoms with van der Waals surface area (Å²) in [4.78, 5) is 0. The molecule has 1 rings (SSSR count). The van der Waals surface area contributed by atoms with Gasteiger partial charge in [0.15, 0.2) is 0 Å². The van der Waals surface area contributed by atoms with E-state index in [1.165, 1.54) is 6.07 Å². The molecule has 0 aromatic heterocycles. The number of aryl methyl sites for hydroxylation is 1. The summed E-state index contributed by atoms with van der Waals surface area (Å²) in [5.41, 5.74) is 0.988. The molecule has 5 heteroatoms. The predicted molar refractivity (Wildman–Crippen MR) is 70.9 cm³/mol. The van der Waals surface area contributed by atoms with E-state index >= 15 is 0 Å². The van der Waals surface area contributed by atoms with Gasteiger partial charge in [0, 0.05) is 26.9 Å². The van der Waals surface area contributed by atoms with Crippen LogP contribution in [0.4, 0.5) is 4.39 Å². The fourth-order valence-electron chi connectivity index (χ4n) is 1.90. The minimum absolute atomic E-state index is 0.195. The lowest BCUT2D eigenvalue weighted by Crippen LogP contribution is -2.43. The highest BCUT2D eigenvalue weighted by Crippen LogP contribution is 2.18. The van der Waals surface area contributed by atoms with E-state index in [4.69, 9.17) is 13.3 Å². The third kappa shape index (κ3) is 4.49. The molecule has 18 heavy (non-hydrogen) atoms. The second-order valence-electron chi connectivity index (χ2n) is 4.01. The Balaban J connectivity index is 2.48. The van der Waals surface area contributed by atoms with E-state index < -0.39 is 8.80 Å². The molecule has 0 N–H and O–H groups in total. The molecule has 1 aromatic carbocycles. The van der Waals surface area contributed by atoms with Gasteiger partial charge in [-0.25, -0.2) is 4.39 Å². The number of hydrogen-bond acceptors (Lipinski definition) is 3. The fourth-order valence-corrected chi connectivity index (χ4v) is 3.90. The van der Waals surface area contributed by atoms with E-state index in [1.807, 2.05) is 13.0 Å². The molecule has 3 nitrogen and oxygen atoms in total. The minimum Gasteiger partial charge on any atom is -0.377 e. The van der Waals surface area contributed by atoms with Gasteiger partial charge in [0.25, 0.3) is 0 Å². The molecule has 0 unspecified atom stereocenters. The molecule has 1 aromatic rings.